The molecule has 1 atom stereocenters. The van der Waals surface area contributed by atoms with Crippen LogP contribution in [0.25, 0.3) is 0 Å². The van der Waals surface area contributed by atoms with Gasteiger partial charge in [0.15, 0.2) is 0 Å². The number of carbonyl (C=O) groups is 2. The predicted octanol–water partition coefficient (Wildman–Crippen LogP) is 2.66. The Morgan fingerprint density at radius 2 is 2.10 bits per heavy atom. The average Bonchev–Trinajstić information content (AvgIpc) is 2.94. The molecule has 0 radical (unpaired) electrons. The van der Waals surface area contributed by atoms with Crippen molar-refractivity contribution in [2.24, 2.45) is 5.92 Å². The van der Waals surface area contributed by atoms with Crippen LogP contribution in [0.4, 0.5) is 0 Å². The van der Waals surface area contributed by atoms with Gasteiger partial charge in [0, 0.05) is 12.2 Å². The molecule has 0 bridgehead atoms. The molecule has 1 aromatic rings. The Labute approximate surface area is 125 Å². The van der Waals surface area contributed by atoms with Crippen molar-refractivity contribution in [3.63, 3.8) is 0 Å². The molecule has 116 valence electrons. The summed E-state index contributed by atoms with van der Waals surface area (Å²) in [5, 5.41) is 12.1. The largest absolute Gasteiger partial charge is 0.477 e. The maximum Gasteiger partial charge on any atom is 0.352 e. The zero-order valence-electron chi connectivity index (χ0n) is 12.5. The molecule has 2 rings (SSSR count). The normalized spacial score (nSPS) is 17.4. The molecule has 1 heterocycles. The quantitative estimate of drug-likeness (QED) is 0.846. The summed E-state index contributed by atoms with van der Waals surface area (Å²) >= 11 is 0. The van der Waals surface area contributed by atoms with Crippen LogP contribution >= 0.6 is 0 Å². The highest BCUT2D eigenvalue weighted by molar-refractivity contribution is 5.86. The number of carboxylic acids is 1. The minimum Gasteiger partial charge on any atom is -0.477 e. The third-order valence-electron chi connectivity index (χ3n) is 4.37. The van der Waals surface area contributed by atoms with Crippen molar-refractivity contribution < 1.29 is 14.7 Å². The van der Waals surface area contributed by atoms with E-state index in [0.717, 1.165) is 6.42 Å². The lowest BCUT2D eigenvalue weighted by Gasteiger charge is -2.30. The van der Waals surface area contributed by atoms with E-state index in [1.165, 1.54) is 42.7 Å². The zero-order valence-corrected chi connectivity index (χ0v) is 12.5. The predicted molar refractivity (Wildman–Crippen MR) is 80.2 cm³/mol. The van der Waals surface area contributed by atoms with Gasteiger partial charge in [0.2, 0.25) is 5.91 Å². The number of carbonyl (C=O) groups excluding carboxylic acids is 1. The molecule has 0 spiro atoms. The smallest absolute Gasteiger partial charge is 0.352 e. The second-order valence-electron chi connectivity index (χ2n) is 5.81. The van der Waals surface area contributed by atoms with Crippen LogP contribution in [0.2, 0.25) is 0 Å². The minimum absolute atomic E-state index is 0.0673. The van der Waals surface area contributed by atoms with E-state index >= 15 is 0 Å². The molecule has 0 aliphatic heterocycles. The third-order valence-corrected chi connectivity index (χ3v) is 4.37. The van der Waals surface area contributed by atoms with E-state index in [9.17, 15) is 9.59 Å². The van der Waals surface area contributed by atoms with E-state index in [2.05, 4.69) is 12.2 Å². The summed E-state index contributed by atoms with van der Waals surface area (Å²) in [5.41, 5.74) is 0.149. The number of hydrogen-bond donors (Lipinski definition) is 2. The van der Waals surface area contributed by atoms with Crippen LogP contribution in [0.3, 0.4) is 0 Å². The Bertz CT molecular complexity index is 489. The van der Waals surface area contributed by atoms with E-state index in [4.69, 9.17) is 5.11 Å². The van der Waals surface area contributed by atoms with Crippen molar-refractivity contribution in [2.45, 2.75) is 58.0 Å². The number of hydrogen-bond acceptors (Lipinski definition) is 2. The molecule has 1 aromatic heterocycles. The van der Waals surface area contributed by atoms with Gasteiger partial charge in [-0.05, 0) is 37.3 Å². The van der Waals surface area contributed by atoms with Crippen LogP contribution in [-0.4, -0.2) is 27.6 Å². The lowest BCUT2D eigenvalue weighted by atomic mass is 9.83. The lowest BCUT2D eigenvalue weighted by Crippen LogP contribution is -2.42. The van der Waals surface area contributed by atoms with Gasteiger partial charge in [-0.25, -0.2) is 4.79 Å². The molecule has 2 N–H and O–H groups in total. The van der Waals surface area contributed by atoms with Crippen LogP contribution in [0, 0.1) is 5.92 Å². The highest BCUT2D eigenvalue weighted by atomic mass is 16.4. The molecule has 1 amide bonds. The number of amides is 1. The Morgan fingerprint density at radius 1 is 1.38 bits per heavy atom. The highest BCUT2D eigenvalue weighted by Crippen LogP contribution is 2.27. The van der Waals surface area contributed by atoms with Gasteiger partial charge in [-0.1, -0.05) is 26.2 Å². The van der Waals surface area contributed by atoms with Gasteiger partial charge in [0.25, 0.3) is 0 Å². The van der Waals surface area contributed by atoms with E-state index < -0.39 is 5.97 Å². The monoisotopic (exact) mass is 292 g/mol. The summed E-state index contributed by atoms with van der Waals surface area (Å²) in [7, 11) is 0. The molecule has 0 aromatic carbocycles. The van der Waals surface area contributed by atoms with Crippen molar-refractivity contribution in [3.8, 4) is 0 Å². The first-order valence-corrected chi connectivity index (χ1v) is 7.79. The van der Waals surface area contributed by atoms with Crippen LogP contribution < -0.4 is 5.32 Å². The molecule has 1 fully saturated rings. The van der Waals surface area contributed by atoms with E-state index in [1.54, 1.807) is 12.3 Å². The van der Waals surface area contributed by atoms with Crippen LogP contribution in [-0.2, 0) is 11.3 Å². The van der Waals surface area contributed by atoms with Crippen molar-refractivity contribution in [1.82, 2.24) is 9.88 Å². The summed E-state index contributed by atoms with van der Waals surface area (Å²) in [6.45, 7) is 2.16. The molecule has 21 heavy (non-hydrogen) atoms. The maximum atomic E-state index is 12.2. The second kappa shape index (κ2) is 7.29. The van der Waals surface area contributed by atoms with Gasteiger partial charge in [0.05, 0.1) is 0 Å². The molecule has 0 saturated heterocycles. The number of rotatable bonds is 6. The lowest BCUT2D eigenvalue weighted by molar-refractivity contribution is -0.122. The van der Waals surface area contributed by atoms with E-state index in [1.807, 2.05) is 0 Å². The molecule has 1 aliphatic rings. The molecule has 5 nitrogen and oxygen atoms in total. The summed E-state index contributed by atoms with van der Waals surface area (Å²) in [5.74, 6) is -0.547. The molecule has 5 heteroatoms. The van der Waals surface area contributed by atoms with Crippen molar-refractivity contribution >= 4 is 11.9 Å². The maximum absolute atomic E-state index is 12.2. The molecule has 1 unspecified atom stereocenters. The van der Waals surface area contributed by atoms with E-state index in [0.29, 0.717) is 5.92 Å². The Hall–Kier alpha value is -1.78. The SMILES string of the molecule is CCC(NC(=O)Cn1cccc1C(=O)O)C1CCCCC1. The molecular formula is C16H24N2O3. The topological polar surface area (TPSA) is 71.3 Å². The summed E-state index contributed by atoms with van der Waals surface area (Å²) in [6.07, 6.45) is 8.71. The van der Waals surface area contributed by atoms with Gasteiger partial charge in [0.1, 0.15) is 12.2 Å². The van der Waals surface area contributed by atoms with E-state index in [-0.39, 0.29) is 24.2 Å². The van der Waals surface area contributed by atoms with Gasteiger partial charge in [-0.2, -0.15) is 0 Å². The van der Waals surface area contributed by atoms with Crippen LogP contribution in [0.5, 0.6) is 0 Å². The number of carboxylic acid groups (broad SMARTS) is 1. The van der Waals surface area contributed by atoms with Crippen molar-refractivity contribution in [1.29, 1.82) is 0 Å². The fourth-order valence-corrected chi connectivity index (χ4v) is 3.24. The van der Waals surface area contributed by atoms with Crippen molar-refractivity contribution in [2.75, 3.05) is 0 Å². The first-order chi connectivity index (χ1) is 10.1. The Kier molecular flexibility index (Phi) is 5.42. The minimum atomic E-state index is -1.01. The first-order valence-electron chi connectivity index (χ1n) is 7.79. The third kappa shape index (κ3) is 4.09. The first kappa shape index (κ1) is 15.6. The fourth-order valence-electron chi connectivity index (χ4n) is 3.24. The van der Waals surface area contributed by atoms with Gasteiger partial charge >= 0.3 is 5.97 Å². The number of nitrogens with zero attached hydrogens (tertiary/aromatic N) is 1. The number of nitrogens with one attached hydrogen (secondary N) is 1. The zero-order chi connectivity index (χ0) is 15.2. The number of aromatic carboxylic acids is 1. The van der Waals surface area contributed by atoms with Gasteiger partial charge < -0.3 is 15.0 Å². The molecule has 1 saturated carbocycles. The molecular weight excluding hydrogens is 268 g/mol. The summed E-state index contributed by atoms with van der Waals surface area (Å²) in [6, 6.07) is 3.37. The average molecular weight is 292 g/mol. The van der Waals surface area contributed by atoms with Crippen LogP contribution in [0.15, 0.2) is 18.3 Å². The highest BCUT2D eigenvalue weighted by Gasteiger charge is 2.24. The molecule has 1 aliphatic carbocycles. The summed E-state index contributed by atoms with van der Waals surface area (Å²) < 4.78 is 1.48. The second-order valence-corrected chi connectivity index (χ2v) is 5.81. The van der Waals surface area contributed by atoms with Gasteiger partial charge in [-0.15, -0.1) is 0 Å². The summed E-state index contributed by atoms with van der Waals surface area (Å²) in [4.78, 5) is 23.2. The van der Waals surface area contributed by atoms with Gasteiger partial charge in [-0.3, -0.25) is 4.79 Å². The Balaban J connectivity index is 1.93. The fraction of sp³-hybridized carbons (Fsp3) is 0.625. The van der Waals surface area contributed by atoms with Crippen molar-refractivity contribution in [3.05, 3.63) is 24.0 Å². The van der Waals surface area contributed by atoms with Crippen LogP contribution in [0.1, 0.15) is 55.9 Å². The number of aromatic nitrogens is 1. The Morgan fingerprint density at radius 3 is 2.71 bits per heavy atom. The standard InChI is InChI=1S/C16H24N2O3/c1-2-13(12-7-4-3-5-8-12)17-15(19)11-18-10-6-9-14(18)16(20)21/h6,9-10,12-13H,2-5,7-8,11H2,1H3,(H,17,19)(H,20,21).